The van der Waals surface area contributed by atoms with E-state index >= 15 is 0 Å². The van der Waals surface area contributed by atoms with E-state index in [2.05, 4.69) is 15.4 Å². The number of nitrogens with zero attached hydrogens (tertiary/aromatic N) is 4. The van der Waals surface area contributed by atoms with Gasteiger partial charge in [-0.1, -0.05) is 0 Å². The number of rotatable bonds is 10. The number of fused-ring (bicyclic) bond motifs is 1. The van der Waals surface area contributed by atoms with Crippen molar-refractivity contribution in [3.63, 3.8) is 0 Å². The zero-order chi connectivity index (χ0) is 22.5. The van der Waals surface area contributed by atoms with Gasteiger partial charge in [-0.15, -0.1) is 11.3 Å². The Labute approximate surface area is 186 Å². The lowest BCUT2D eigenvalue weighted by Crippen LogP contribution is -2.23. The number of benzene rings is 1. The maximum atomic E-state index is 14.3. The highest BCUT2D eigenvalue weighted by Crippen LogP contribution is 2.39. The molecule has 0 bridgehead atoms. The maximum absolute atomic E-state index is 14.3. The highest BCUT2D eigenvalue weighted by atomic mass is 32.1. The number of hydrogen-bond donors (Lipinski definition) is 1. The summed E-state index contributed by atoms with van der Waals surface area (Å²) in [6, 6.07) is 6.86. The number of nitro benzene ring substituents is 1. The molecule has 0 aliphatic rings. The van der Waals surface area contributed by atoms with E-state index in [-0.39, 0.29) is 11.4 Å². The second-order valence-corrected chi connectivity index (χ2v) is 7.90. The van der Waals surface area contributed by atoms with Crippen LogP contribution in [0.25, 0.3) is 20.7 Å². The van der Waals surface area contributed by atoms with Crippen molar-refractivity contribution in [2.24, 2.45) is 0 Å². The molecule has 0 saturated carbocycles. The quantitative estimate of drug-likeness (QED) is 0.216. The number of nitrogens with one attached hydrogen (secondary N) is 1. The van der Waals surface area contributed by atoms with Gasteiger partial charge in [0.05, 0.1) is 40.6 Å². The van der Waals surface area contributed by atoms with Crippen LogP contribution in [0.1, 0.15) is 0 Å². The summed E-state index contributed by atoms with van der Waals surface area (Å²) in [5.41, 5.74) is 1.32. The Hall–Kier alpha value is -3.41. The normalized spacial score (nSPS) is 11.2. The zero-order valence-corrected chi connectivity index (χ0v) is 18.0. The lowest BCUT2D eigenvalue weighted by Gasteiger charge is -2.07. The standard InChI is InChI=1S/C21H20FN5O4S/c1-30-9-7-23-6-8-26-13-14(12-25-26)20-11-17-21(32-20)19(4-5-24-17)31-18-3-2-15(27(28)29)10-16(18)22/h2-5,10-13,23H,6-9H2,1H3. The zero-order valence-electron chi connectivity index (χ0n) is 17.2. The molecule has 1 N–H and O–H groups in total. The molecule has 0 saturated heterocycles. The second-order valence-electron chi connectivity index (χ2n) is 6.84. The topological polar surface area (TPSA) is 104 Å². The molecule has 0 aliphatic heterocycles. The Balaban J connectivity index is 1.52. The summed E-state index contributed by atoms with van der Waals surface area (Å²) < 4.78 is 27.6. The number of methoxy groups -OCH3 is 1. The van der Waals surface area contributed by atoms with E-state index in [1.54, 1.807) is 25.6 Å². The number of ether oxygens (including phenoxy) is 2. The molecule has 0 fully saturated rings. The molecule has 0 radical (unpaired) electrons. The molecule has 0 unspecified atom stereocenters. The Morgan fingerprint density at radius 3 is 2.91 bits per heavy atom. The molecule has 9 nitrogen and oxygen atoms in total. The molecule has 0 aliphatic carbocycles. The minimum atomic E-state index is -0.804. The molecule has 0 amide bonds. The molecule has 3 heterocycles. The number of nitro groups is 1. The van der Waals surface area contributed by atoms with Crippen molar-refractivity contribution in [2.75, 3.05) is 26.8 Å². The third-order valence-corrected chi connectivity index (χ3v) is 5.83. The highest BCUT2D eigenvalue weighted by Gasteiger charge is 2.16. The number of hydrogen-bond acceptors (Lipinski definition) is 8. The lowest BCUT2D eigenvalue weighted by atomic mass is 10.2. The van der Waals surface area contributed by atoms with E-state index < -0.39 is 10.7 Å². The molecular weight excluding hydrogens is 437 g/mol. The minimum absolute atomic E-state index is 0.0909. The summed E-state index contributed by atoms with van der Waals surface area (Å²) in [6.45, 7) is 2.94. The summed E-state index contributed by atoms with van der Waals surface area (Å²) in [5.74, 6) is -0.470. The average Bonchev–Trinajstić information content (AvgIpc) is 3.42. The SMILES string of the molecule is COCCNCCn1cc(-c2cc3nccc(Oc4ccc([N+](=O)[O-])cc4F)c3s2)cn1. The smallest absolute Gasteiger partial charge is 0.272 e. The molecular formula is C21H20FN5O4S. The predicted molar refractivity (Wildman–Crippen MR) is 119 cm³/mol. The summed E-state index contributed by atoms with van der Waals surface area (Å²) in [5, 5.41) is 18.5. The third-order valence-electron chi connectivity index (χ3n) is 4.64. The van der Waals surface area contributed by atoms with E-state index in [0.717, 1.165) is 40.8 Å². The van der Waals surface area contributed by atoms with Gasteiger partial charge in [0.15, 0.2) is 11.6 Å². The molecule has 4 rings (SSSR count). The van der Waals surface area contributed by atoms with Gasteiger partial charge in [-0.3, -0.25) is 19.8 Å². The fourth-order valence-electron chi connectivity index (χ4n) is 3.05. The van der Waals surface area contributed by atoms with Crippen molar-refractivity contribution in [1.29, 1.82) is 0 Å². The molecule has 3 aromatic heterocycles. The van der Waals surface area contributed by atoms with Gasteiger partial charge >= 0.3 is 0 Å². The number of pyridine rings is 1. The van der Waals surface area contributed by atoms with Crippen molar-refractivity contribution in [3.8, 4) is 21.9 Å². The average molecular weight is 457 g/mol. The third kappa shape index (κ3) is 4.90. The van der Waals surface area contributed by atoms with E-state index in [0.29, 0.717) is 17.9 Å². The number of aromatic nitrogens is 3. The first-order valence-electron chi connectivity index (χ1n) is 9.78. The van der Waals surface area contributed by atoms with Crippen LogP contribution in [0.4, 0.5) is 10.1 Å². The van der Waals surface area contributed by atoms with E-state index in [9.17, 15) is 14.5 Å². The Bertz CT molecular complexity index is 1240. The molecule has 0 atom stereocenters. The monoisotopic (exact) mass is 457 g/mol. The van der Waals surface area contributed by atoms with Crippen LogP contribution in [0.5, 0.6) is 11.5 Å². The van der Waals surface area contributed by atoms with Crippen LogP contribution >= 0.6 is 11.3 Å². The number of thiophene rings is 1. The van der Waals surface area contributed by atoms with E-state index in [1.165, 1.54) is 23.5 Å². The van der Waals surface area contributed by atoms with Crippen molar-refractivity contribution < 1.29 is 18.8 Å². The van der Waals surface area contributed by atoms with E-state index in [4.69, 9.17) is 9.47 Å². The Morgan fingerprint density at radius 1 is 1.25 bits per heavy atom. The van der Waals surface area contributed by atoms with Gasteiger partial charge in [0.2, 0.25) is 0 Å². The summed E-state index contributed by atoms with van der Waals surface area (Å²) >= 11 is 1.45. The van der Waals surface area contributed by atoms with Crippen molar-refractivity contribution in [1.82, 2.24) is 20.1 Å². The highest BCUT2D eigenvalue weighted by molar-refractivity contribution is 7.22. The molecule has 1 aromatic carbocycles. The number of non-ortho nitro benzene ring substituents is 1. The Kier molecular flexibility index (Phi) is 6.69. The van der Waals surface area contributed by atoms with Crippen LogP contribution in [-0.4, -0.2) is 46.5 Å². The summed E-state index contributed by atoms with van der Waals surface area (Å²) in [6.07, 6.45) is 5.32. The molecule has 4 aromatic rings. The first-order valence-corrected chi connectivity index (χ1v) is 10.6. The van der Waals surface area contributed by atoms with Crippen LogP contribution in [0, 0.1) is 15.9 Å². The molecule has 0 spiro atoms. The minimum Gasteiger partial charge on any atom is -0.453 e. The lowest BCUT2D eigenvalue weighted by molar-refractivity contribution is -0.385. The maximum Gasteiger partial charge on any atom is 0.272 e. The summed E-state index contributed by atoms with van der Waals surface area (Å²) in [4.78, 5) is 15.5. The molecule has 11 heteroatoms. The van der Waals surface area contributed by atoms with E-state index in [1.807, 2.05) is 16.9 Å². The van der Waals surface area contributed by atoms with Crippen LogP contribution in [-0.2, 0) is 11.3 Å². The second kappa shape index (κ2) is 9.81. The molecule has 32 heavy (non-hydrogen) atoms. The van der Waals surface area contributed by atoms with Crippen molar-refractivity contribution >= 4 is 27.2 Å². The van der Waals surface area contributed by atoms with Crippen LogP contribution in [0.15, 0.2) is 48.9 Å². The first-order chi connectivity index (χ1) is 15.5. The van der Waals surface area contributed by atoms with Gasteiger partial charge in [0.25, 0.3) is 5.69 Å². The van der Waals surface area contributed by atoms with Gasteiger partial charge in [0.1, 0.15) is 5.75 Å². The predicted octanol–water partition coefficient (Wildman–Crippen LogP) is 4.24. The Morgan fingerprint density at radius 2 is 2.12 bits per heavy atom. The first kappa shape index (κ1) is 21.8. The van der Waals surface area contributed by atoms with Crippen LogP contribution in [0.2, 0.25) is 0 Å². The van der Waals surface area contributed by atoms with Crippen LogP contribution < -0.4 is 10.1 Å². The van der Waals surface area contributed by atoms with Crippen LogP contribution in [0.3, 0.4) is 0 Å². The van der Waals surface area contributed by atoms with Gasteiger partial charge in [0, 0.05) is 55.2 Å². The summed E-state index contributed by atoms with van der Waals surface area (Å²) in [7, 11) is 1.67. The van der Waals surface area contributed by atoms with Crippen molar-refractivity contribution in [3.05, 3.63) is 64.9 Å². The van der Waals surface area contributed by atoms with Crippen molar-refractivity contribution in [2.45, 2.75) is 6.54 Å². The largest absolute Gasteiger partial charge is 0.453 e. The fourth-order valence-corrected chi connectivity index (χ4v) is 4.09. The van der Waals surface area contributed by atoms with Gasteiger partial charge < -0.3 is 14.8 Å². The molecule has 166 valence electrons. The fraction of sp³-hybridized carbons (Fsp3) is 0.238. The van der Waals surface area contributed by atoms with Gasteiger partial charge in [-0.05, 0) is 12.1 Å². The number of halogens is 1. The van der Waals surface area contributed by atoms with Gasteiger partial charge in [-0.2, -0.15) is 5.10 Å². The van der Waals surface area contributed by atoms with Gasteiger partial charge in [-0.25, -0.2) is 4.39 Å².